The molecule has 0 radical (unpaired) electrons. The van der Waals surface area contributed by atoms with Crippen molar-refractivity contribution >= 4 is 23.3 Å². The van der Waals surface area contributed by atoms with Crippen LogP contribution >= 0.6 is 11.6 Å². The average Bonchev–Trinajstić information content (AvgIpc) is 2.25. The van der Waals surface area contributed by atoms with Crippen molar-refractivity contribution in [3.63, 3.8) is 0 Å². The Morgan fingerprint density at radius 3 is 2.65 bits per heavy atom. The Morgan fingerprint density at radius 1 is 1.59 bits per heavy atom. The third kappa shape index (κ3) is 3.36. The van der Waals surface area contributed by atoms with Crippen molar-refractivity contribution in [1.82, 2.24) is 0 Å². The first-order valence-corrected chi connectivity index (χ1v) is 5.51. The Hall–Kier alpha value is -1.73. The second-order valence-corrected chi connectivity index (χ2v) is 4.30. The van der Waals surface area contributed by atoms with Gasteiger partial charge in [0.25, 0.3) is 0 Å². The monoisotopic (exact) mass is 252 g/mol. The predicted molar refractivity (Wildman–Crippen MR) is 66.3 cm³/mol. The first-order chi connectivity index (χ1) is 7.95. The third-order valence-corrected chi connectivity index (χ3v) is 2.65. The van der Waals surface area contributed by atoms with E-state index >= 15 is 0 Å². The fourth-order valence-electron chi connectivity index (χ4n) is 1.49. The Kier molecular flexibility index (Phi) is 4.36. The number of carbonyl (C=O) groups is 1. The molecule has 0 bridgehead atoms. The molecule has 0 saturated carbocycles. The fraction of sp³-hybridized carbons (Fsp3) is 0.333. The van der Waals surface area contributed by atoms with E-state index < -0.39 is 5.97 Å². The molecular formula is C12H13ClN2O2. The molecule has 4 nitrogen and oxygen atoms in total. The van der Waals surface area contributed by atoms with Gasteiger partial charge in [-0.1, -0.05) is 11.6 Å². The summed E-state index contributed by atoms with van der Waals surface area (Å²) in [7, 11) is 0. The van der Waals surface area contributed by atoms with Gasteiger partial charge in [-0.25, -0.2) is 0 Å². The maximum Gasteiger partial charge on any atom is 0.323 e. The Balaban J connectivity index is 3.07. The average molecular weight is 253 g/mol. The molecule has 0 saturated heterocycles. The summed E-state index contributed by atoms with van der Waals surface area (Å²) in [5, 5.41) is 17.9. The molecule has 0 aliphatic heterocycles. The van der Waals surface area contributed by atoms with Crippen molar-refractivity contribution in [1.29, 1.82) is 5.26 Å². The standard InChI is InChI=1S/C12H13ClN2O2/c1-8(2)15(7-12(16)17)10-4-3-9(6-14)11(13)5-10/h3-5,8H,7H2,1-2H3,(H,16,17). The summed E-state index contributed by atoms with van der Waals surface area (Å²) in [6.07, 6.45) is 0. The lowest BCUT2D eigenvalue weighted by Crippen LogP contribution is -2.35. The molecule has 0 fully saturated rings. The van der Waals surface area contributed by atoms with Gasteiger partial charge >= 0.3 is 5.97 Å². The van der Waals surface area contributed by atoms with Gasteiger partial charge in [-0.05, 0) is 32.0 Å². The van der Waals surface area contributed by atoms with Gasteiger partial charge in [-0.2, -0.15) is 5.26 Å². The van der Waals surface area contributed by atoms with Gasteiger partial charge in [0.2, 0.25) is 0 Å². The number of hydrogen-bond donors (Lipinski definition) is 1. The fourth-order valence-corrected chi connectivity index (χ4v) is 1.71. The molecule has 0 aromatic heterocycles. The lowest BCUT2D eigenvalue weighted by Gasteiger charge is -2.27. The van der Waals surface area contributed by atoms with Crippen LogP contribution in [0.25, 0.3) is 0 Å². The number of benzene rings is 1. The molecule has 0 aliphatic carbocycles. The lowest BCUT2D eigenvalue weighted by molar-refractivity contribution is -0.135. The highest BCUT2D eigenvalue weighted by Gasteiger charge is 2.15. The van der Waals surface area contributed by atoms with Gasteiger partial charge in [-0.3, -0.25) is 4.79 Å². The van der Waals surface area contributed by atoms with Crippen LogP contribution in [0.15, 0.2) is 18.2 Å². The van der Waals surface area contributed by atoms with Crippen molar-refractivity contribution in [2.75, 3.05) is 11.4 Å². The Morgan fingerprint density at radius 2 is 2.24 bits per heavy atom. The molecule has 90 valence electrons. The molecule has 0 aliphatic rings. The maximum absolute atomic E-state index is 10.8. The minimum absolute atomic E-state index is 0.0371. The zero-order valence-electron chi connectivity index (χ0n) is 9.64. The van der Waals surface area contributed by atoms with Gasteiger partial charge in [0.1, 0.15) is 12.6 Å². The summed E-state index contributed by atoms with van der Waals surface area (Å²) < 4.78 is 0. The van der Waals surface area contributed by atoms with Crippen LogP contribution in [-0.4, -0.2) is 23.7 Å². The summed E-state index contributed by atoms with van der Waals surface area (Å²) in [4.78, 5) is 12.5. The molecule has 0 spiro atoms. The van der Waals surface area contributed by atoms with Gasteiger partial charge < -0.3 is 10.0 Å². The van der Waals surface area contributed by atoms with Gasteiger partial charge in [-0.15, -0.1) is 0 Å². The zero-order valence-corrected chi connectivity index (χ0v) is 10.4. The molecule has 17 heavy (non-hydrogen) atoms. The number of hydrogen-bond acceptors (Lipinski definition) is 3. The van der Waals surface area contributed by atoms with Crippen LogP contribution in [0.3, 0.4) is 0 Å². The highest BCUT2D eigenvalue weighted by atomic mass is 35.5. The van der Waals surface area contributed by atoms with E-state index in [1.165, 1.54) is 0 Å². The van der Waals surface area contributed by atoms with Crippen LogP contribution in [0.1, 0.15) is 19.4 Å². The first kappa shape index (κ1) is 13.3. The summed E-state index contributed by atoms with van der Waals surface area (Å²) >= 11 is 5.92. The van der Waals surface area contributed by atoms with Crippen molar-refractivity contribution < 1.29 is 9.90 Å². The van der Waals surface area contributed by atoms with Crippen molar-refractivity contribution in [2.24, 2.45) is 0 Å². The van der Waals surface area contributed by atoms with Crippen LogP contribution < -0.4 is 4.90 Å². The summed E-state index contributed by atoms with van der Waals surface area (Å²) in [5.74, 6) is -0.904. The Labute approximate surface area is 105 Å². The van der Waals surface area contributed by atoms with E-state index in [1.54, 1.807) is 23.1 Å². The predicted octanol–water partition coefficient (Wildman–Crippen LogP) is 2.51. The smallest absolute Gasteiger partial charge is 0.323 e. The molecular weight excluding hydrogens is 240 g/mol. The van der Waals surface area contributed by atoms with Crippen molar-refractivity contribution in [2.45, 2.75) is 19.9 Å². The van der Waals surface area contributed by atoms with E-state index in [2.05, 4.69) is 0 Å². The molecule has 1 rings (SSSR count). The van der Waals surface area contributed by atoms with Crippen LogP contribution in [0.4, 0.5) is 5.69 Å². The lowest BCUT2D eigenvalue weighted by atomic mass is 10.2. The second-order valence-electron chi connectivity index (χ2n) is 3.89. The summed E-state index contributed by atoms with van der Waals surface area (Å²) in [6, 6.07) is 6.91. The minimum atomic E-state index is -0.904. The molecule has 1 aromatic carbocycles. The van der Waals surface area contributed by atoms with Crippen molar-refractivity contribution in [3.8, 4) is 6.07 Å². The molecule has 1 N–H and O–H groups in total. The Bertz CT molecular complexity index is 466. The highest BCUT2D eigenvalue weighted by molar-refractivity contribution is 6.32. The molecule has 0 amide bonds. The first-order valence-electron chi connectivity index (χ1n) is 5.13. The number of anilines is 1. The highest BCUT2D eigenvalue weighted by Crippen LogP contribution is 2.24. The van der Waals surface area contributed by atoms with Crippen LogP contribution in [0.5, 0.6) is 0 Å². The van der Waals surface area contributed by atoms with Crippen LogP contribution in [0, 0.1) is 11.3 Å². The minimum Gasteiger partial charge on any atom is -0.480 e. The zero-order chi connectivity index (χ0) is 13.0. The number of halogens is 1. The van der Waals surface area contributed by atoms with E-state index in [1.807, 2.05) is 19.9 Å². The van der Waals surface area contributed by atoms with Gasteiger partial charge in [0.15, 0.2) is 0 Å². The topological polar surface area (TPSA) is 64.3 Å². The molecule has 1 aromatic rings. The summed E-state index contributed by atoms with van der Waals surface area (Å²) in [5.41, 5.74) is 1.08. The number of carboxylic acid groups (broad SMARTS) is 1. The molecule has 0 heterocycles. The normalized spacial score (nSPS) is 10.1. The van der Waals surface area contributed by atoms with Crippen LogP contribution in [0.2, 0.25) is 5.02 Å². The number of nitrogens with zero attached hydrogens (tertiary/aromatic N) is 2. The number of nitriles is 1. The second kappa shape index (κ2) is 5.55. The van der Waals surface area contributed by atoms with Crippen LogP contribution in [-0.2, 0) is 4.79 Å². The SMILES string of the molecule is CC(C)N(CC(=O)O)c1ccc(C#N)c(Cl)c1. The number of carboxylic acids is 1. The van der Waals surface area contributed by atoms with Gasteiger partial charge in [0.05, 0.1) is 10.6 Å². The number of aliphatic carboxylic acids is 1. The van der Waals surface area contributed by atoms with E-state index in [-0.39, 0.29) is 12.6 Å². The van der Waals surface area contributed by atoms with E-state index in [9.17, 15) is 4.79 Å². The van der Waals surface area contributed by atoms with E-state index in [4.69, 9.17) is 22.0 Å². The summed E-state index contributed by atoms with van der Waals surface area (Å²) in [6.45, 7) is 3.70. The number of rotatable bonds is 4. The molecule has 0 atom stereocenters. The van der Waals surface area contributed by atoms with E-state index in [0.717, 1.165) is 0 Å². The molecule has 5 heteroatoms. The third-order valence-electron chi connectivity index (χ3n) is 2.33. The van der Waals surface area contributed by atoms with Gasteiger partial charge in [0, 0.05) is 11.7 Å². The van der Waals surface area contributed by atoms with E-state index in [0.29, 0.717) is 16.3 Å². The molecule has 0 unspecified atom stereocenters. The largest absolute Gasteiger partial charge is 0.480 e. The maximum atomic E-state index is 10.8. The quantitative estimate of drug-likeness (QED) is 0.894. The van der Waals surface area contributed by atoms with Crippen molar-refractivity contribution in [3.05, 3.63) is 28.8 Å².